The maximum Gasteiger partial charge on any atom is 0.266 e. The summed E-state index contributed by atoms with van der Waals surface area (Å²) >= 11 is 0. The van der Waals surface area contributed by atoms with Gasteiger partial charge in [0.2, 0.25) is 0 Å². The largest absolute Gasteiger partial charge is 0.352 e. The number of rotatable bonds is 6. The Morgan fingerprint density at radius 3 is 2.80 bits per heavy atom. The topological polar surface area (TPSA) is 76.4 Å². The Hall–Kier alpha value is -3.54. The summed E-state index contributed by atoms with van der Waals surface area (Å²) in [7, 11) is 0. The van der Waals surface area contributed by atoms with Gasteiger partial charge in [-0.25, -0.2) is 4.98 Å². The predicted octanol–water partition coefficient (Wildman–Crippen LogP) is 3.61. The molecule has 0 radical (unpaired) electrons. The average molecular weight is 400 g/mol. The van der Waals surface area contributed by atoms with Gasteiger partial charge in [0.25, 0.3) is 11.5 Å². The molecule has 0 unspecified atom stereocenters. The zero-order valence-corrected chi connectivity index (χ0v) is 17.2. The molecule has 0 aliphatic carbocycles. The second-order valence-corrected chi connectivity index (χ2v) is 7.51. The van der Waals surface area contributed by atoms with Crippen molar-refractivity contribution in [3.8, 4) is 0 Å². The number of aryl methyl sites for hydroxylation is 2. The Kier molecular flexibility index (Phi) is 5.57. The highest BCUT2D eigenvalue weighted by Gasteiger charge is 2.19. The van der Waals surface area contributed by atoms with Gasteiger partial charge < -0.3 is 5.32 Å². The Balaban J connectivity index is 1.58. The fourth-order valence-corrected chi connectivity index (χ4v) is 3.72. The van der Waals surface area contributed by atoms with E-state index in [1.807, 2.05) is 38.2 Å². The van der Waals surface area contributed by atoms with Gasteiger partial charge in [-0.3, -0.25) is 19.0 Å². The van der Waals surface area contributed by atoms with Gasteiger partial charge in [-0.15, -0.1) is 0 Å². The summed E-state index contributed by atoms with van der Waals surface area (Å²) in [5.41, 5.74) is 4.27. The van der Waals surface area contributed by atoms with Crippen LogP contribution in [-0.4, -0.2) is 26.8 Å². The normalized spacial score (nSPS) is 11.1. The van der Waals surface area contributed by atoms with E-state index in [1.165, 1.54) is 9.96 Å². The van der Waals surface area contributed by atoms with Crippen LogP contribution in [0.4, 0.5) is 0 Å². The van der Waals surface area contributed by atoms with Crippen LogP contribution in [0.1, 0.15) is 39.9 Å². The van der Waals surface area contributed by atoms with Crippen molar-refractivity contribution in [1.29, 1.82) is 0 Å². The Morgan fingerprint density at radius 1 is 1.13 bits per heavy atom. The third kappa shape index (κ3) is 3.81. The number of pyridine rings is 2. The lowest BCUT2D eigenvalue weighted by molar-refractivity contribution is 0.0954. The first-order chi connectivity index (χ1) is 14.6. The van der Waals surface area contributed by atoms with Crippen molar-refractivity contribution in [2.75, 3.05) is 6.54 Å². The van der Waals surface area contributed by atoms with Gasteiger partial charge in [0, 0.05) is 25.1 Å². The van der Waals surface area contributed by atoms with Crippen LogP contribution < -0.4 is 10.9 Å². The molecule has 0 saturated heterocycles. The second kappa shape index (κ2) is 8.45. The quantitative estimate of drug-likeness (QED) is 0.396. The SMILES string of the molecule is Cc1cc2nc3ccccn3c(=O)c2c(C(=O)NCCCCc2cccnc2)c1C. The van der Waals surface area contributed by atoms with Crippen LogP contribution in [0.3, 0.4) is 0 Å². The van der Waals surface area contributed by atoms with Gasteiger partial charge in [-0.1, -0.05) is 12.1 Å². The van der Waals surface area contributed by atoms with Crippen LogP contribution in [0.25, 0.3) is 16.6 Å². The van der Waals surface area contributed by atoms with Crippen LogP contribution in [0, 0.1) is 13.8 Å². The first-order valence-corrected chi connectivity index (χ1v) is 10.1. The fraction of sp³-hybridized carbons (Fsp3) is 0.250. The standard InChI is InChI=1S/C24H24N4O2/c1-16-14-19-22(24(30)28-13-6-4-10-20(28)27-19)21(17(16)2)23(29)26-12-5-3-8-18-9-7-11-25-15-18/h4,6-7,9-11,13-15H,3,5,8,12H2,1-2H3,(H,26,29). The molecule has 0 saturated carbocycles. The molecular formula is C24H24N4O2. The summed E-state index contributed by atoms with van der Waals surface area (Å²) in [4.78, 5) is 34.9. The molecule has 3 aromatic heterocycles. The molecule has 0 spiro atoms. The molecule has 6 heteroatoms. The molecule has 30 heavy (non-hydrogen) atoms. The molecular weight excluding hydrogens is 376 g/mol. The fourth-order valence-electron chi connectivity index (χ4n) is 3.72. The van der Waals surface area contributed by atoms with E-state index in [0.29, 0.717) is 28.7 Å². The van der Waals surface area contributed by atoms with Crippen LogP contribution in [0.15, 0.2) is 59.8 Å². The molecule has 0 bridgehead atoms. The highest BCUT2D eigenvalue weighted by molar-refractivity contribution is 6.08. The Labute approximate surface area is 174 Å². The number of unbranched alkanes of at least 4 members (excludes halogenated alkanes) is 1. The second-order valence-electron chi connectivity index (χ2n) is 7.51. The molecule has 0 aliphatic rings. The number of aromatic nitrogens is 3. The van der Waals surface area contributed by atoms with E-state index in [-0.39, 0.29) is 11.5 Å². The zero-order valence-electron chi connectivity index (χ0n) is 17.2. The monoisotopic (exact) mass is 400 g/mol. The third-order valence-corrected chi connectivity index (χ3v) is 5.46. The minimum Gasteiger partial charge on any atom is -0.352 e. The third-order valence-electron chi connectivity index (χ3n) is 5.46. The van der Waals surface area contributed by atoms with Gasteiger partial charge >= 0.3 is 0 Å². The lowest BCUT2D eigenvalue weighted by Gasteiger charge is -2.13. The van der Waals surface area contributed by atoms with Crippen LogP contribution >= 0.6 is 0 Å². The van der Waals surface area contributed by atoms with E-state index in [0.717, 1.165) is 30.4 Å². The van der Waals surface area contributed by atoms with Gasteiger partial charge in [-0.05, 0) is 74.1 Å². The molecule has 6 nitrogen and oxygen atoms in total. The van der Waals surface area contributed by atoms with E-state index in [4.69, 9.17) is 0 Å². The van der Waals surface area contributed by atoms with Crippen molar-refractivity contribution in [1.82, 2.24) is 19.7 Å². The minimum atomic E-state index is -0.225. The number of benzene rings is 1. The zero-order chi connectivity index (χ0) is 21.1. The summed E-state index contributed by atoms with van der Waals surface area (Å²) in [5.74, 6) is -0.225. The molecule has 0 atom stereocenters. The van der Waals surface area contributed by atoms with Crippen LogP contribution in [-0.2, 0) is 6.42 Å². The number of carbonyl (C=O) groups excluding carboxylic acids is 1. The van der Waals surface area contributed by atoms with Gasteiger partial charge in [0.05, 0.1) is 16.5 Å². The molecule has 152 valence electrons. The summed E-state index contributed by atoms with van der Waals surface area (Å²) in [5, 5.41) is 3.36. The first kappa shape index (κ1) is 19.8. The van der Waals surface area contributed by atoms with Crippen molar-refractivity contribution in [3.63, 3.8) is 0 Å². The number of carbonyl (C=O) groups is 1. The summed E-state index contributed by atoms with van der Waals surface area (Å²) < 4.78 is 1.49. The lowest BCUT2D eigenvalue weighted by atomic mass is 9.98. The van der Waals surface area contributed by atoms with Crippen LogP contribution in [0.2, 0.25) is 0 Å². The molecule has 1 N–H and O–H groups in total. The summed E-state index contributed by atoms with van der Waals surface area (Å²) in [6.07, 6.45) is 8.04. The number of hydrogen-bond acceptors (Lipinski definition) is 4. The summed E-state index contributed by atoms with van der Waals surface area (Å²) in [6, 6.07) is 11.3. The van der Waals surface area contributed by atoms with Gasteiger partial charge in [-0.2, -0.15) is 0 Å². The molecule has 4 rings (SSSR count). The van der Waals surface area contributed by atoms with Crippen molar-refractivity contribution >= 4 is 22.5 Å². The molecule has 1 aromatic carbocycles. The number of nitrogens with zero attached hydrogens (tertiary/aromatic N) is 3. The molecule has 1 amide bonds. The van der Waals surface area contributed by atoms with Crippen molar-refractivity contribution < 1.29 is 4.79 Å². The number of fused-ring (bicyclic) bond motifs is 2. The number of nitrogens with one attached hydrogen (secondary N) is 1. The van der Waals surface area contributed by atoms with Gasteiger partial charge in [0.1, 0.15) is 5.65 Å². The van der Waals surface area contributed by atoms with Crippen molar-refractivity contribution in [2.24, 2.45) is 0 Å². The molecule has 0 aliphatic heterocycles. The Bertz CT molecular complexity index is 1280. The highest BCUT2D eigenvalue weighted by atomic mass is 16.2. The van der Waals surface area contributed by atoms with E-state index >= 15 is 0 Å². The van der Waals surface area contributed by atoms with Gasteiger partial charge in [0.15, 0.2) is 0 Å². The van der Waals surface area contributed by atoms with Crippen LogP contribution in [0.5, 0.6) is 0 Å². The maximum atomic E-state index is 13.1. The number of hydrogen-bond donors (Lipinski definition) is 1. The molecule has 4 aromatic rings. The van der Waals surface area contributed by atoms with E-state index < -0.39 is 0 Å². The maximum absolute atomic E-state index is 13.1. The minimum absolute atomic E-state index is 0.222. The smallest absolute Gasteiger partial charge is 0.266 e. The highest BCUT2D eigenvalue weighted by Crippen LogP contribution is 2.22. The Morgan fingerprint density at radius 2 is 2.00 bits per heavy atom. The van der Waals surface area contributed by atoms with E-state index in [2.05, 4.69) is 21.4 Å². The predicted molar refractivity (Wildman–Crippen MR) is 118 cm³/mol. The number of amides is 1. The lowest BCUT2D eigenvalue weighted by Crippen LogP contribution is -2.28. The van der Waals surface area contributed by atoms with Crippen molar-refractivity contribution in [2.45, 2.75) is 33.1 Å². The average Bonchev–Trinajstić information content (AvgIpc) is 2.76. The molecule has 3 heterocycles. The molecule has 0 fully saturated rings. The van der Waals surface area contributed by atoms with E-state index in [9.17, 15) is 9.59 Å². The first-order valence-electron chi connectivity index (χ1n) is 10.1. The summed E-state index contributed by atoms with van der Waals surface area (Å²) in [6.45, 7) is 4.37. The van der Waals surface area contributed by atoms with Crippen molar-refractivity contribution in [3.05, 3.63) is 87.6 Å². The van der Waals surface area contributed by atoms with E-state index in [1.54, 1.807) is 24.5 Å².